The van der Waals surface area contributed by atoms with Crippen molar-refractivity contribution in [1.29, 1.82) is 0 Å². The number of alkyl carbamates (subject to hydrolysis) is 1. The van der Waals surface area contributed by atoms with Crippen LogP contribution in [0.2, 0.25) is 0 Å². The maximum Gasteiger partial charge on any atom is 0.407 e. The van der Waals surface area contributed by atoms with Gasteiger partial charge in [0.15, 0.2) is 0 Å². The summed E-state index contributed by atoms with van der Waals surface area (Å²) in [5.41, 5.74) is 3.20. The lowest BCUT2D eigenvalue weighted by atomic mass is 9.94. The van der Waals surface area contributed by atoms with E-state index < -0.39 is 0 Å². The fourth-order valence-electron chi connectivity index (χ4n) is 4.63. The van der Waals surface area contributed by atoms with Crippen LogP contribution in [0.25, 0.3) is 21.1 Å². The number of carbonyl (C=O) groups excluding carboxylic acids is 1. The molecule has 3 aromatic heterocycles. The molecule has 9 nitrogen and oxygen atoms in total. The fraction of sp³-hybridized carbons (Fsp3) is 0.391. The minimum atomic E-state index is -0.326. The van der Waals surface area contributed by atoms with Gasteiger partial charge in [-0.3, -0.25) is 5.10 Å². The Morgan fingerprint density at radius 1 is 1.21 bits per heavy atom. The van der Waals surface area contributed by atoms with E-state index in [9.17, 15) is 4.79 Å². The summed E-state index contributed by atoms with van der Waals surface area (Å²) in [4.78, 5) is 23.6. The van der Waals surface area contributed by atoms with Crippen molar-refractivity contribution in [1.82, 2.24) is 25.5 Å². The molecule has 1 amide bonds. The van der Waals surface area contributed by atoms with Crippen LogP contribution in [0.1, 0.15) is 29.7 Å². The molecule has 1 saturated heterocycles. The number of anilines is 2. The smallest absolute Gasteiger partial charge is 0.407 e. The lowest BCUT2D eigenvalue weighted by Crippen LogP contribution is -2.41. The Kier molecular flexibility index (Phi) is 5.31. The van der Waals surface area contributed by atoms with Crippen LogP contribution >= 0.6 is 11.3 Å². The zero-order valence-electron chi connectivity index (χ0n) is 18.0. The highest BCUT2D eigenvalue weighted by Crippen LogP contribution is 2.39. The number of ether oxygens (including phenoxy) is 2. The molecule has 0 spiro atoms. The Hall–Kier alpha value is -3.24. The maximum atomic E-state index is 12.4. The molecular weight excluding hydrogens is 440 g/mol. The highest BCUT2D eigenvalue weighted by Gasteiger charge is 2.28. The molecular formula is C23H24N6O3S. The highest BCUT2D eigenvalue weighted by atomic mass is 32.1. The summed E-state index contributed by atoms with van der Waals surface area (Å²) in [6, 6.07) is 6.19. The zero-order valence-corrected chi connectivity index (χ0v) is 18.8. The van der Waals surface area contributed by atoms with Crippen LogP contribution in [-0.4, -0.2) is 51.6 Å². The van der Waals surface area contributed by atoms with Crippen molar-refractivity contribution >= 4 is 50.1 Å². The molecule has 4 heterocycles. The van der Waals surface area contributed by atoms with Crippen LogP contribution in [0, 0.1) is 0 Å². The number of fused-ring (bicyclic) bond motifs is 4. The van der Waals surface area contributed by atoms with E-state index in [2.05, 4.69) is 30.8 Å². The third-order valence-corrected chi connectivity index (χ3v) is 7.48. The number of hydrogen-bond donors (Lipinski definition) is 3. The second-order valence-corrected chi connectivity index (χ2v) is 9.59. The number of thiophene rings is 1. The standard InChI is InChI=1S/C23H24N6O3S/c30-23(28-14-5-7-31-8-6-14)32-16-2-3-17-19(10-16)33-22-20(17)21(24-12-25-22)27-15-1-4-18-13(9-15)11-26-29-18/h1,4,9,11-12,14,16H,2-3,5-8,10H2,(H,26,29)(H,28,30)(H,24,25,27). The van der Waals surface area contributed by atoms with Gasteiger partial charge in [-0.1, -0.05) is 0 Å². The largest absolute Gasteiger partial charge is 0.446 e. The van der Waals surface area contributed by atoms with Crippen LogP contribution < -0.4 is 10.6 Å². The van der Waals surface area contributed by atoms with E-state index in [1.807, 2.05) is 18.2 Å². The van der Waals surface area contributed by atoms with Crippen molar-refractivity contribution in [2.24, 2.45) is 0 Å². The Morgan fingerprint density at radius 2 is 2.12 bits per heavy atom. The van der Waals surface area contributed by atoms with Gasteiger partial charge in [0.1, 0.15) is 23.1 Å². The Labute approximate surface area is 193 Å². The van der Waals surface area contributed by atoms with Crippen molar-refractivity contribution in [3.05, 3.63) is 41.2 Å². The number of H-pyrrole nitrogens is 1. The lowest BCUT2D eigenvalue weighted by molar-refractivity contribution is 0.0616. The number of nitrogens with one attached hydrogen (secondary N) is 3. The summed E-state index contributed by atoms with van der Waals surface area (Å²) in [5.74, 6) is 0.803. The van der Waals surface area contributed by atoms with Crippen LogP contribution in [0.3, 0.4) is 0 Å². The van der Waals surface area contributed by atoms with Gasteiger partial charge in [0.2, 0.25) is 0 Å². The number of rotatable bonds is 4. The van der Waals surface area contributed by atoms with Gasteiger partial charge in [-0.15, -0.1) is 11.3 Å². The topological polar surface area (TPSA) is 114 Å². The minimum absolute atomic E-state index is 0.127. The van der Waals surface area contributed by atoms with E-state index in [1.54, 1.807) is 23.9 Å². The van der Waals surface area contributed by atoms with Gasteiger partial charge >= 0.3 is 6.09 Å². The second kappa shape index (κ2) is 8.60. The molecule has 1 aliphatic heterocycles. The molecule has 0 saturated carbocycles. The summed E-state index contributed by atoms with van der Waals surface area (Å²) in [7, 11) is 0. The third-order valence-electron chi connectivity index (χ3n) is 6.32. The predicted molar refractivity (Wildman–Crippen MR) is 126 cm³/mol. The van der Waals surface area contributed by atoms with E-state index in [-0.39, 0.29) is 18.2 Å². The molecule has 170 valence electrons. The van der Waals surface area contributed by atoms with Gasteiger partial charge in [0.05, 0.1) is 17.1 Å². The Morgan fingerprint density at radius 3 is 3.03 bits per heavy atom. The summed E-state index contributed by atoms with van der Waals surface area (Å²) in [6.07, 6.45) is 6.94. The van der Waals surface area contributed by atoms with Gasteiger partial charge in [-0.25, -0.2) is 14.8 Å². The highest BCUT2D eigenvalue weighted by molar-refractivity contribution is 7.19. The van der Waals surface area contributed by atoms with Crippen LogP contribution in [0.15, 0.2) is 30.7 Å². The molecule has 4 aromatic rings. The number of carbonyl (C=O) groups is 1. The predicted octanol–water partition coefficient (Wildman–Crippen LogP) is 4.07. The molecule has 1 fully saturated rings. The monoisotopic (exact) mass is 464 g/mol. The van der Waals surface area contributed by atoms with Gasteiger partial charge in [-0.2, -0.15) is 5.10 Å². The first-order valence-electron chi connectivity index (χ1n) is 11.2. The van der Waals surface area contributed by atoms with Crippen LogP contribution in [0.4, 0.5) is 16.3 Å². The summed E-state index contributed by atoms with van der Waals surface area (Å²) in [5, 5.41) is 15.6. The average molecular weight is 465 g/mol. The molecule has 1 aromatic carbocycles. The molecule has 0 radical (unpaired) electrons. The van der Waals surface area contributed by atoms with E-state index in [4.69, 9.17) is 9.47 Å². The minimum Gasteiger partial charge on any atom is -0.446 e. The average Bonchev–Trinajstić information content (AvgIpc) is 3.43. The molecule has 6 rings (SSSR count). The second-order valence-electron chi connectivity index (χ2n) is 8.50. The van der Waals surface area contributed by atoms with E-state index >= 15 is 0 Å². The fourth-order valence-corrected chi connectivity index (χ4v) is 5.88. The number of aromatic amines is 1. The van der Waals surface area contributed by atoms with Gasteiger partial charge < -0.3 is 20.1 Å². The van der Waals surface area contributed by atoms with Crippen molar-refractivity contribution in [2.45, 2.75) is 44.2 Å². The number of hydrogen-bond acceptors (Lipinski definition) is 8. The normalized spacial score (nSPS) is 18.8. The number of aromatic nitrogens is 4. The molecule has 0 bridgehead atoms. The van der Waals surface area contributed by atoms with Crippen molar-refractivity contribution in [2.75, 3.05) is 18.5 Å². The quantitative estimate of drug-likeness (QED) is 0.417. The van der Waals surface area contributed by atoms with Gasteiger partial charge in [-0.05, 0) is 49.4 Å². The lowest BCUT2D eigenvalue weighted by Gasteiger charge is -2.26. The molecule has 33 heavy (non-hydrogen) atoms. The Balaban J connectivity index is 1.19. The molecule has 3 N–H and O–H groups in total. The summed E-state index contributed by atoms with van der Waals surface area (Å²) < 4.78 is 11.1. The number of amides is 1. The first-order chi connectivity index (χ1) is 16.2. The summed E-state index contributed by atoms with van der Waals surface area (Å²) in [6.45, 7) is 1.37. The third kappa shape index (κ3) is 4.11. The van der Waals surface area contributed by atoms with Crippen molar-refractivity contribution in [3.63, 3.8) is 0 Å². The number of benzene rings is 1. The first-order valence-corrected chi connectivity index (χ1v) is 12.0. The maximum absolute atomic E-state index is 12.4. The zero-order chi connectivity index (χ0) is 22.2. The van der Waals surface area contributed by atoms with Crippen molar-refractivity contribution in [3.8, 4) is 0 Å². The molecule has 10 heteroatoms. The first kappa shape index (κ1) is 20.4. The number of aryl methyl sites for hydroxylation is 1. The van der Waals surface area contributed by atoms with Crippen molar-refractivity contribution < 1.29 is 14.3 Å². The molecule has 1 aliphatic carbocycles. The number of nitrogens with zero attached hydrogens (tertiary/aromatic N) is 3. The molecule has 2 aliphatic rings. The van der Waals surface area contributed by atoms with Gasteiger partial charge in [0.25, 0.3) is 0 Å². The van der Waals surface area contributed by atoms with E-state index in [1.165, 1.54) is 10.4 Å². The van der Waals surface area contributed by atoms with Crippen LogP contribution in [-0.2, 0) is 22.3 Å². The summed E-state index contributed by atoms with van der Waals surface area (Å²) >= 11 is 1.66. The molecule has 1 unspecified atom stereocenters. The van der Waals surface area contributed by atoms with E-state index in [0.717, 1.165) is 58.3 Å². The SMILES string of the molecule is O=C(NC1CCOCC1)OC1CCc2c(sc3ncnc(Nc4ccc5[nH]ncc5c4)c23)C1. The Bertz CT molecular complexity index is 1310. The van der Waals surface area contributed by atoms with Crippen LogP contribution in [0.5, 0.6) is 0 Å². The molecule has 1 atom stereocenters. The van der Waals surface area contributed by atoms with Gasteiger partial charge in [0, 0.05) is 41.6 Å². The van der Waals surface area contributed by atoms with E-state index in [0.29, 0.717) is 19.6 Å².